The number of fused-ring (bicyclic) bond motifs is 1. The van der Waals surface area contributed by atoms with Gasteiger partial charge >= 0.3 is 0 Å². The Balaban J connectivity index is 2.01. The van der Waals surface area contributed by atoms with Crippen LogP contribution in [0, 0.1) is 4.84 Å². The summed E-state index contributed by atoms with van der Waals surface area (Å²) in [6.45, 7) is 8.08. The topological polar surface area (TPSA) is 67.9 Å². The number of rotatable bonds is 6. The van der Waals surface area contributed by atoms with Gasteiger partial charge in [0.1, 0.15) is 0 Å². The SMILES string of the molecule is CCN(CC)S(=O)(=O)c1ccc2oc(=S)n(CN3CCOCC3)c2c1. The lowest BCUT2D eigenvalue weighted by atomic mass is 10.3. The van der Waals surface area contributed by atoms with E-state index in [9.17, 15) is 8.42 Å². The molecule has 0 unspecified atom stereocenters. The van der Waals surface area contributed by atoms with E-state index >= 15 is 0 Å². The van der Waals surface area contributed by atoms with Crippen LogP contribution in [0.1, 0.15) is 13.8 Å². The van der Waals surface area contributed by atoms with Crippen molar-refractivity contribution in [1.82, 2.24) is 13.8 Å². The van der Waals surface area contributed by atoms with Crippen molar-refractivity contribution in [3.8, 4) is 0 Å². The van der Waals surface area contributed by atoms with E-state index in [1.807, 2.05) is 18.4 Å². The van der Waals surface area contributed by atoms with Gasteiger partial charge in [0.2, 0.25) is 10.0 Å². The Morgan fingerprint density at radius 2 is 1.88 bits per heavy atom. The number of aromatic nitrogens is 1. The fourth-order valence-electron chi connectivity index (χ4n) is 2.99. The fraction of sp³-hybridized carbons (Fsp3) is 0.562. The van der Waals surface area contributed by atoms with Crippen molar-refractivity contribution in [3.63, 3.8) is 0 Å². The molecule has 1 aromatic carbocycles. The smallest absolute Gasteiger partial charge is 0.270 e. The Morgan fingerprint density at radius 3 is 2.52 bits per heavy atom. The molecule has 9 heteroatoms. The van der Waals surface area contributed by atoms with Gasteiger partial charge in [-0.05, 0) is 30.4 Å². The molecule has 1 saturated heterocycles. The third-order valence-electron chi connectivity index (χ3n) is 4.43. The molecular weight excluding hydrogens is 362 g/mol. The molecule has 1 aromatic heterocycles. The van der Waals surface area contributed by atoms with Crippen LogP contribution in [0.4, 0.5) is 0 Å². The number of hydrogen-bond acceptors (Lipinski definition) is 6. The number of hydrogen-bond donors (Lipinski definition) is 0. The molecule has 3 rings (SSSR count). The van der Waals surface area contributed by atoms with Crippen LogP contribution in [0.25, 0.3) is 11.1 Å². The van der Waals surface area contributed by atoms with Crippen molar-refractivity contribution >= 4 is 33.3 Å². The molecule has 7 nitrogen and oxygen atoms in total. The number of morpholine rings is 1. The van der Waals surface area contributed by atoms with E-state index in [2.05, 4.69) is 4.90 Å². The van der Waals surface area contributed by atoms with Crippen LogP contribution in [0.3, 0.4) is 0 Å². The van der Waals surface area contributed by atoms with Crippen LogP contribution in [-0.4, -0.2) is 61.6 Å². The Bertz CT molecular complexity index is 894. The third-order valence-corrected chi connectivity index (χ3v) is 6.78. The van der Waals surface area contributed by atoms with Gasteiger partial charge in [0.05, 0.1) is 30.3 Å². The molecule has 0 N–H and O–H groups in total. The highest BCUT2D eigenvalue weighted by Gasteiger charge is 2.23. The third kappa shape index (κ3) is 3.65. The maximum atomic E-state index is 12.8. The van der Waals surface area contributed by atoms with Crippen LogP contribution >= 0.6 is 12.2 Å². The van der Waals surface area contributed by atoms with Gasteiger partial charge in [-0.15, -0.1) is 0 Å². The summed E-state index contributed by atoms with van der Waals surface area (Å²) in [7, 11) is -3.52. The van der Waals surface area contributed by atoms with Crippen molar-refractivity contribution in [2.24, 2.45) is 0 Å². The molecule has 0 bridgehead atoms. The predicted octanol–water partition coefficient (Wildman–Crippen LogP) is 2.28. The number of oxazole rings is 1. The van der Waals surface area contributed by atoms with E-state index in [4.69, 9.17) is 21.4 Å². The van der Waals surface area contributed by atoms with Crippen molar-refractivity contribution in [2.45, 2.75) is 25.4 Å². The van der Waals surface area contributed by atoms with E-state index in [1.54, 1.807) is 18.2 Å². The number of benzene rings is 1. The minimum absolute atomic E-state index is 0.259. The molecule has 2 heterocycles. The van der Waals surface area contributed by atoms with Crippen molar-refractivity contribution < 1.29 is 17.6 Å². The zero-order chi connectivity index (χ0) is 18.0. The molecule has 1 aliphatic heterocycles. The summed E-state index contributed by atoms with van der Waals surface area (Å²) in [5, 5.41) is 0. The van der Waals surface area contributed by atoms with Gasteiger partial charge in [-0.1, -0.05) is 13.8 Å². The molecule has 138 valence electrons. The summed E-state index contributed by atoms with van der Waals surface area (Å²) >= 11 is 5.33. The minimum Gasteiger partial charge on any atom is -0.429 e. The first kappa shape index (κ1) is 18.5. The highest BCUT2D eigenvalue weighted by Crippen LogP contribution is 2.24. The standard InChI is InChI=1S/C16H23N3O4S2/c1-3-18(4-2)25(20,21)13-5-6-15-14(11-13)19(16(24)23-15)12-17-7-9-22-10-8-17/h5-6,11H,3-4,7-10,12H2,1-2H3. The van der Waals surface area contributed by atoms with Gasteiger partial charge in [0, 0.05) is 26.2 Å². The number of nitrogens with zero attached hydrogens (tertiary/aromatic N) is 3. The quantitative estimate of drug-likeness (QED) is 0.711. The monoisotopic (exact) mass is 385 g/mol. The lowest BCUT2D eigenvalue weighted by Gasteiger charge is -2.26. The minimum atomic E-state index is -3.52. The molecular formula is C16H23N3O4S2. The predicted molar refractivity (Wildman–Crippen MR) is 97.5 cm³/mol. The van der Waals surface area contributed by atoms with Gasteiger partial charge in [-0.2, -0.15) is 4.31 Å². The van der Waals surface area contributed by atoms with Crippen LogP contribution < -0.4 is 0 Å². The van der Waals surface area contributed by atoms with E-state index in [-0.39, 0.29) is 4.90 Å². The van der Waals surface area contributed by atoms with Gasteiger partial charge in [0.25, 0.3) is 4.84 Å². The largest absolute Gasteiger partial charge is 0.429 e. The molecule has 0 spiro atoms. The highest BCUT2D eigenvalue weighted by molar-refractivity contribution is 7.89. The molecule has 1 aliphatic rings. The van der Waals surface area contributed by atoms with E-state index in [0.29, 0.717) is 48.9 Å². The van der Waals surface area contributed by atoms with Gasteiger partial charge in [-0.3, -0.25) is 9.47 Å². The zero-order valence-corrected chi connectivity index (χ0v) is 16.1. The van der Waals surface area contributed by atoms with E-state index in [1.165, 1.54) is 4.31 Å². The molecule has 0 saturated carbocycles. The van der Waals surface area contributed by atoms with Crippen LogP contribution in [0.2, 0.25) is 0 Å². The second kappa shape index (κ2) is 7.55. The van der Waals surface area contributed by atoms with Crippen LogP contribution in [0.5, 0.6) is 0 Å². The Kier molecular flexibility index (Phi) is 5.59. The number of sulfonamides is 1. The highest BCUT2D eigenvalue weighted by atomic mass is 32.2. The van der Waals surface area contributed by atoms with Crippen LogP contribution in [0.15, 0.2) is 27.5 Å². The lowest BCUT2D eigenvalue weighted by Crippen LogP contribution is -2.37. The molecule has 0 atom stereocenters. The summed E-state index contributed by atoms with van der Waals surface area (Å²) in [5.74, 6) is 0. The molecule has 0 amide bonds. The summed E-state index contributed by atoms with van der Waals surface area (Å²) in [5.41, 5.74) is 1.29. The summed E-state index contributed by atoms with van der Waals surface area (Å²) in [6, 6.07) is 4.91. The second-order valence-electron chi connectivity index (χ2n) is 5.89. The first-order chi connectivity index (χ1) is 12.0. The fourth-order valence-corrected chi connectivity index (χ4v) is 4.72. The summed E-state index contributed by atoms with van der Waals surface area (Å²) in [4.78, 5) is 2.81. The molecule has 25 heavy (non-hydrogen) atoms. The Morgan fingerprint density at radius 1 is 1.20 bits per heavy atom. The normalized spacial score (nSPS) is 16.8. The van der Waals surface area contributed by atoms with Crippen molar-refractivity contribution in [2.75, 3.05) is 39.4 Å². The number of ether oxygens (including phenoxy) is 1. The first-order valence-corrected chi connectivity index (χ1v) is 10.3. The Labute approximate surface area is 152 Å². The first-order valence-electron chi connectivity index (χ1n) is 8.41. The maximum Gasteiger partial charge on any atom is 0.270 e. The zero-order valence-electron chi connectivity index (χ0n) is 14.5. The molecule has 0 aliphatic carbocycles. The summed E-state index contributed by atoms with van der Waals surface area (Å²) < 4.78 is 39.8. The van der Waals surface area contributed by atoms with E-state index in [0.717, 1.165) is 13.1 Å². The van der Waals surface area contributed by atoms with Gasteiger partial charge < -0.3 is 9.15 Å². The second-order valence-corrected chi connectivity index (χ2v) is 8.17. The molecule has 2 aromatic rings. The molecule has 1 fully saturated rings. The van der Waals surface area contributed by atoms with E-state index < -0.39 is 10.0 Å². The average Bonchev–Trinajstić information content (AvgIpc) is 2.91. The summed E-state index contributed by atoms with van der Waals surface area (Å²) in [6.07, 6.45) is 0. The molecule has 0 radical (unpaired) electrons. The van der Waals surface area contributed by atoms with Gasteiger partial charge in [0.15, 0.2) is 5.58 Å². The van der Waals surface area contributed by atoms with Crippen LogP contribution in [-0.2, 0) is 21.4 Å². The maximum absolute atomic E-state index is 12.8. The average molecular weight is 386 g/mol. The van der Waals surface area contributed by atoms with Gasteiger partial charge in [-0.25, -0.2) is 8.42 Å². The van der Waals surface area contributed by atoms with Crippen molar-refractivity contribution in [1.29, 1.82) is 0 Å². The Hall–Kier alpha value is -1.26. The lowest BCUT2D eigenvalue weighted by molar-refractivity contribution is 0.0234. The van der Waals surface area contributed by atoms with Crippen molar-refractivity contribution in [3.05, 3.63) is 23.0 Å².